The molecule has 3 aromatic heterocycles. The zero-order valence-corrected chi connectivity index (χ0v) is 19.6. The summed E-state index contributed by atoms with van der Waals surface area (Å²) in [5.74, 6) is 0.450. The van der Waals surface area contributed by atoms with Crippen molar-refractivity contribution in [1.82, 2.24) is 30.0 Å². The topological polar surface area (TPSA) is 129 Å². The first kappa shape index (κ1) is 22.1. The smallest absolute Gasteiger partial charge is 0.284 e. The summed E-state index contributed by atoms with van der Waals surface area (Å²) in [4.78, 5) is 27.5. The average molecular weight is 477 g/mol. The van der Waals surface area contributed by atoms with Crippen molar-refractivity contribution in [2.24, 2.45) is 0 Å². The molecule has 1 aliphatic heterocycles. The largest absolute Gasteiger partial charge is 0.391 e. The number of β-amino-alcohol motifs (C(OH)–C–C–N with tert-alkyl or cyclic N) is 1. The van der Waals surface area contributed by atoms with E-state index in [0.29, 0.717) is 35.3 Å². The van der Waals surface area contributed by atoms with Gasteiger partial charge in [0.15, 0.2) is 5.01 Å². The Morgan fingerprint density at radius 1 is 1.15 bits per heavy atom. The molecule has 1 aromatic carbocycles. The lowest BCUT2D eigenvalue weighted by Gasteiger charge is -2.15. The van der Waals surface area contributed by atoms with Crippen molar-refractivity contribution >= 4 is 45.5 Å². The quantitative estimate of drug-likeness (QED) is 0.384. The van der Waals surface area contributed by atoms with Gasteiger partial charge in [-0.25, -0.2) is 4.98 Å². The van der Waals surface area contributed by atoms with Crippen molar-refractivity contribution in [3.63, 3.8) is 0 Å². The fraction of sp³-hybridized carbons (Fsp3) is 0.304. The molecule has 0 saturated carbocycles. The molecule has 3 N–H and O–H groups in total. The molecule has 0 aliphatic carbocycles. The Balaban J connectivity index is 1.41. The van der Waals surface area contributed by atoms with Crippen LogP contribution in [0.3, 0.4) is 0 Å². The van der Waals surface area contributed by atoms with Crippen LogP contribution in [-0.4, -0.2) is 66.3 Å². The zero-order valence-electron chi connectivity index (χ0n) is 18.8. The van der Waals surface area contributed by atoms with Crippen molar-refractivity contribution in [2.75, 3.05) is 23.7 Å². The van der Waals surface area contributed by atoms with E-state index in [0.717, 1.165) is 28.0 Å². The molecule has 0 radical (unpaired) electrons. The number of hydrogen-bond donors (Lipinski definition) is 3. The summed E-state index contributed by atoms with van der Waals surface area (Å²) in [6.07, 6.45) is 5.17. The highest BCUT2D eigenvalue weighted by Gasteiger charge is 2.28. The number of benzene rings is 1. The molecule has 174 valence electrons. The number of aliphatic hydroxyl groups excluding tert-OH is 1. The van der Waals surface area contributed by atoms with Gasteiger partial charge in [0.25, 0.3) is 5.91 Å². The summed E-state index contributed by atoms with van der Waals surface area (Å²) in [5, 5.41) is 25.8. The van der Waals surface area contributed by atoms with Crippen LogP contribution in [0.15, 0.2) is 42.9 Å². The van der Waals surface area contributed by atoms with Crippen LogP contribution in [0.5, 0.6) is 0 Å². The van der Waals surface area contributed by atoms with Gasteiger partial charge < -0.3 is 20.6 Å². The van der Waals surface area contributed by atoms with E-state index < -0.39 is 6.10 Å². The number of amides is 1. The molecule has 4 heterocycles. The standard InChI is InChI=1S/C23H24N8O2S/c1-13(2)27-18-10-20(28-14-3-4-17-19(9-14)25-7-6-24-17)26-11-16(18)21-29-30-22(34-21)23(33)31-8-5-15(32)12-31/h3-4,6-7,9-11,13,15,32H,5,8,12H2,1-2H3,(H2,26,27,28). The van der Waals surface area contributed by atoms with Crippen LogP contribution in [0.4, 0.5) is 17.2 Å². The highest BCUT2D eigenvalue weighted by atomic mass is 32.1. The van der Waals surface area contributed by atoms with Crippen LogP contribution in [0, 0.1) is 0 Å². The van der Waals surface area contributed by atoms with Gasteiger partial charge in [-0.05, 0) is 38.5 Å². The first-order chi connectivity index (χ1) is 16.5. The number of nitrogens with one attached hydrogen (secondary N) is 2. The van der Waals surface area contributed by atoms with E-state index in [1.165, 1.54) is 11.3 Å². The Bertz CT molecular complexity index is 1340. The molecule has 5 rings (SSSR count). The predicted molar refractivity (Wildman–Crippen MR) is 131 cm³/mol. The maximum atomic E-state index is 12.7. The lowest BCUT2D eigenvalue weighted by molar-refractivity contribution is 0.0763. The third-order valence-corrected chi connectivity index (χ3v) is 6.32. The van der Waals surface area contributed by atoms with Gasteiger partial charge in [0, 0.05) is 55.2 Å². The molecule has 34 heavy (non-hydrogen) atoms. The molecular weight excluding hydrogens is 452 g/mol. The molecule has 1 aliphatic rings. The van der Waals surface area contributed by atoms with Crippen LogP contribution in [0.2, 0.25) is 0 Å². The molecule has 11 heteroatoms. The minimum absolute atomic E-state index is 0.171. The van der Waals surface area contributed by atoms with Crippen LogP contribution in [-0.2, 0) is 0 Å². The van der Waals surface area contributed by atoms with Crippen LogP contribution < -0.4 is 10.6 Å². The van der Waals surface area contributed by atoms with Crippen molar-refractivity contribution < 1.29 is 9.90 Å². The Morgan fingerprint density at radius 3 is 2.74 bits per heavy atom. The number of nitrogens with zero attached hydrogens (tertiary/aromatic N) is 6. The van der Waals surface area contributed by atoms with Crippen molar-refractivity contribution in [3.05, 3.63) is 47.9 Å². The van der Waals surface area contributed by atoms with Gasteiger partial charge >= 0.3 is 0 Å². The van der Waals surface area contributed by atoms with Gasteiger partial charge in [0.2, 0.25) is 5.01 Å². The molecule has 10 nitrogen and oxygen atoms in total. The van der Waals surface area contributed by atoms with E-state index in [1.54, 1.807) is 23.5 Å². The number of hydrogen-bond acceptors (Lipinski definition) is 10. The number of fused-ring (bicyclic) bond motifs is 1. The average Bonchev–Trinajstić information content (AvgIpc) is 3.48. The maximum Gasteiger partial charge on any atom is 0.284 e. The van der Waals surface area contributed by atoms with E-state index in [-0.39, 0.29) is 11.9 Å². The summed E-state index contributed by atoms with van der Waals surface area (Å²) < 4.78 is 0. The molecule has 1 unspecified atom stereocenters. The Kier molecular flexibility index (Phi) is 6.03. The van der Waals surface area contributed by atoms with Gasteiger partial charge in [-0.3, -0.25) is 14.8 Å². The SMILES string of the molecule is CC(C)Nc1cc(Nc2ccc3nccnc3c2)ncc1-c1nnc(C(=O)N2CCC(O)C2)s1. The number of anilines is 3. The monoisotopic (exact) mass is 476 g/mol. The molecule has 0 bridgehead atoms. The minimum Gasteiger partial charge on any atom is -0.391 e. The minimum atomic E-state index is -0.475. The van der Waals surface area contributed by atoms with Gasteiger partial charge in [0.05, 0.1) is 22.7 Å². The summed E-state index contributed by atoms with van der Waals surface area (Å²) in [5.41, 5.74) is 4.06. The van der Waals surface area contributed by atoms with Crippen molar-refractivity contribution in [2.45, 2.75) is 32.4 Å². The fourth-order valence-corrected chi connectivity index (χ4v) is 4.63. The Morgan fingerprint density at radius 2 is 1.97 bits per heavy atom. The summed E-state index contributed by atoms with van der Waals surface area (Å²) in [6.45, 7) is 4.95. The number of aromatic nitrogens is 5. The second-order valence-electron chi connectivity index (χ2n) is 8.41. The van der Waals surface area contributed by atoms with Gasteiger partial charge in [-0.2, -0.15) is 0 Å². The number of likely N-dealkylation sites (tertiary alicyclic amines) is 1. The summed E-state index contributed by atoms with van der Waals surface area (Å²) in [7, 11) is 0. The van der Waals surface area contributed by atoms with E-state index in [9.17, 15) is 9.90 Å². The van der Waals surface area contributed by atoms with Crippen LogP contribution in [0.1, 0.15) is 30.1 Å². The predicted octanol–water partition coefficient (Wildman–Crippen LogP) is 3.31. The Hall–Kier alpha value is -3.70. The summed E-state index contributed by atoms with van der Waals surface area (Å²) >= 11 is 1.22. The normalized spacial score (nSPS) is 15.8. The molecule has 1 amide bonds. The summed E-state index contributed by atoms with van der Waals surface area (Å²) in [6, 6.07) is 7.84. The van der Waals surface area contributed by atoms with E-state index in [1.807, 2.05) is 38.1 Å². The fourth-order valence-electron chi connectivity index (χ4n) is 3.79. The van der Waals surface area contributed by atoms with Gasteiger partial charge in [-0.1, -0.05) is 11.3 Å². The highest BCUT2D eigenvalue weighted by molar-refractivity contribution is 7.16. The second kappa shape index (κ2) is 9.27. The Labute approximate surface area is 200 Å². The third-order valence-electron chi connectivity index (χ3n) is 5.38. The second-order valence-corrected chi connectivity index (χ2v) is 9.38. The lowest BCUT2D eigenvalue weighted by Crippen LogP contribution is -2.29. The number of pyridine rings is 1. The van der Waals surface area contributed by atoms with Gasteiger partial charge in [0.1, 0.15) is 5.82 Å². The molecular formula is C23H24N8O2S. The molecule has 0 spiro atoms. The molecule has 1 saturated heterocycles. The van der Waals surface area contributed by atoms with E-state index >= 15 is 0 Å². The van der Waals surface area contributed by atoms with E-state index in [4.69, 9.17) is 0 Å². The zero-order chi connectivity index (χ0) is 23.7. The number of aliphatic hydroxyl groups is 1. The van der Waals surface area contributed by atoms with Crippen LogP contribution >= 0.6 is 11.3 Å². The van der Waals surface area contributed by atoms with Crippen molar-refractivity contribution in [1.29, 1.82) is 0 Å². The molecule has 1 atom stereocenters. The third kappa shape index (κ3) is 4.66. The van der Waals surface area contributed by atoms with Crippen LogP contribution in [0.25, 0.3) is 21.6 Å². The molecule has 1 fully saturated rings. The first-order valence-corrected chi connectivity index (χ1v) is 11.8. The highest BCUT2D eigenvalue weighted by Crippen LogP contribution is 2.33. The number of carbonyl (C=O) groups excluding carboxylic acids is 1. The van der Waals surface area contributed by atoms with Crippen molar-refractivity contribution in [3.8, 4) is 10.6 Å². The number of rotatable bonds is 6. The molecule has 4 aromatic rings. The first-order valence-electron chi connectivity index (χ1n) is 11.0. The lowest BCUT2D eigenvalue weighted by atomic mass is 10.2. The number of carbonyl (C=O) groups is 1. The van der Waals surface area contributed by atoms with E-state index in [2.05, 4.69) is 35.8 Å². The van der Waals surface area contributed by atoms with Gasteiger partial charge in [-0.15, -0.1) is 10.2 Å². The maximum absolute atomic E-state index is 12.7.